The SMILES string of the molecule is Cc1ccc(S(=O)(=O)N(C#Cc2ccc(C#CN(Cc3ccccc3)S(=O)(=O)c3ccc(C)cc3)s2)Cc2ccccc2)cc1. The molecule has 0 atom stereocenters. The van der Waals surface area contributed by atoms with Crippen molar-refractivity contribution in [3.63, 3.8) is 0 Å². The lowest BCUT2D eigenvalue weighted by molar-refractivity contribution is 0.507. The van der Waals surface area contributed by atoms with E-state index in [9.17, 15) is 16.8 Å². The average Bonchev–Trinajstić information content (AvgIpc) is 3.50. The van der Waals surface area contributed by atoms with Crippen molar-refractivity contribution in [2.24, 2.45) is 0 Å². The van der Waals surface area contributed by atoms with Crippen molar-refractivity contribution in [3.8, 4) is 23.9 Å². The van der Waals surface area contributed by atoms with Crippen LogP contribution in [0.3, 0.4) is 0 Å². The van der Waals surface area contributed by atoms with E-state index < -0.39 is 20.0 Å². The number of aryl methyl sites for hydroxylation is 2. The zero-order valence-corrected chi connectivity index (χ0v) is 27.2. The Kier molecular flexibility index (Phi) is 9.75. The molecule has 0 radical (unpaired) electrons. The highest BCUT2D eigenvalue weighted by atomic mass is 32.2. The standard InChI is InChI=1S/C36H30N2O4S3/c1-29-13-19-35(20-14-29)44(39,40)37(27-31-9-5-3-6-10-31)25-23-33-17-18-34(43-33)24-26-38(28-32-11-7-4-8-12-32)45(41,42)36-21-15-30(2)16-22-36/h3-22H,27-28H2,1-2H3. The Morgan fingerprint density at radius 1 is 0.511 bits per heavy atom. The summed E-state index contributed by atoms with van der Waals surface area (Å²) < 4.78 is 56.6. The molecular weight excluding hydrogens is 621 g/mol. The van der Waals surface area contributed by atoms with Gasteiger partial charge in [0.05, 0.1) is 32.6 Å². The molecular formula is C36H30N2O4S3. The number of nitrogens with zero attached hydrogens (tertiary/aromatic N) is 2. The predicted molar refractivity (Wildman–Crippen MR) is 179 cm³/mol. The van der Waals surface area contributed by atoms with E-state index in [1.165, 1.54) is 11.3 Å². The lowest BCUT2D eigenvalue weighted by atomic mass is 10.2. The molecule has 0 aliphatic carbocycles. The number of rotatable bonds is 8. The van der Waals surface area contributed by atoms with Gasteiger partial charge in [-0.25, -0.2) is 25.4 Å². The number of benzene rings is 4. The topological polar surface area (TPSA) is 74.8 Å². The molecule has 0 aliphatic rings. The Balaban J connectivity index is 1.44. The molecule has 5 aromatic rings. The average molecular weight is 651 g/mol. The molecule has 0 fully saturated rings. The fourth-order valence-electron chi connectivity index (χ4n) is 4.25. The molecule has 1 heterocycles. The largest absolute Gasteiger partial charge is 0.271 e. The van der Waals surface area contributed by atoms with Gasteiger partial charge in [0.2, 0.25) is 0 Å². The first-order chi connectivity index (χ1) is 21.6. The summed E-state index contributed by atoms with van der Waals surface area (Å²) in [6.45, 7) is 3.95. The third-order valence-corrected chi connectivity index (χ3v) is 11.0. The minimum absolute atomic E-state index is 0.0768. The summed E-state index contributed by atoms with van der Waals surface area (Å²) in [5.74, 6) is 5.95. The van der Waals surface area contributed by atoms with Crippen LogP contribution in [0.25, 0.3) is 0 Å². The summed E-state index contributed by atoms with van der Waals surface area (Å²) in [6, 6.07) is 41.1. The second kappa shape index (κ2) is 13.9. The lowest BCUT2D eigenvalue weighted by Crippen LogP contribution is -2.26. The molecule has 45 heavy (non-hydrogen) atoms. The number of sulfonamides is 2. The van der Waals surface area contributed by atoms with E-state index in [0.717, 1.165) is 30.9 Å². The molecule has 0 saturated carbocycles. The monoisotopic (exact) mass is 650 g/mol. The molecule has 226 valence electrons. The molecule has 0 amide bonds. The van der Waals surface area contributed by atoms with Gasteiger partial charge in [-0.2, -0.15) is 0 Å². The van der Waals surface area contributed by atoms with Gasteiger partial charge in [-0.3, -0.25) is 0 Å². The van der Waals surface area contributed by atoms with Gasteiger partial charge < -0.3 is 0 Å². The fraction of sp³-hybridized carbons (Fsp3) is 0.111. The van der Waals surface area contributed by atoms with Crippen LogP contribution in [0.2, 0.25) is 0 Å². The highest BCUT2D eigenvalue weighted by Gasteiger charge is 2.23. The molecule has 0 bridgehead atoms. The predicted octanol–water partition coefficient (Wildman–Crippen LogP) is 6.77. The van der Waals surface area contributed by atoms with Crippen LogP contribution in [0.1, 0.15) is 32.0 Å². The maximum atomic E-state index is 13.6. The molecule has 0 unspecified atom stereocenters. The van der Waals surface area contributed by atoms with Crippen LogP contribution >= 0.6 is 11.3 Å². The van der Waals surface area contributed by atoms with Gasteiger partial charge in [-0.1, -0.05) is 96.1 Å². The van der Waals surface area contributed by atoms with E-state index in [1.807, 2.05) is 74.5 Å². The number of hydrogen-bond donors (Lipinski definition) is 0. The Morgan fingerprint density at radius 2 is 0.867 bits per heavy atom. The van der Waals surface area contributed by atoms with Gasteiger partial charge in [-0.05, 0) is 73.2 Å². The summed E-state index contributed by atoms with van der Waals surface area (Å²) in [5, 5.41) is 0. The van der Waals surface area contributed by atoms with Crippen molar-refractivity contribution in [1.82, 2.24) is 8.61 Å². The molecule has 0 aliphatic heterocycles. The van der Waals surface area contributed by atoms with Crippen molar-refractivity contribution in [3.05, 3.63) is 153 Å². The normalized spacial score (nSPS) is 11.1. The zero-order chi connectivity index (χ0) is 31.9. The first-order valence-electron chi connectivity index (χ1n) is 14.0. The van der Waals surface area contributed by atoms with Crippen molar-refractivity contribution < 1.29 is 16.8 Å². The lowest BCUT2D eigenvalue weighted by Gasteiger charge is -2.18. The van der Waals surface area contributed by atoms with Crippen LogP contribution in [0, 0.1) is 37.8 Å². The Hall–Kier alpha value is -4.80. The summed E-state index contributed by atoms with van der Waals surface area (Å²) in [4.78, 5) is 1.49. The second-order valence-corrected chi connectivity index (χ2v) is 15.1. The molecule has 6 nitrogen and oxygen atoms in total. The van der Waals surface area contributed by atoms with E-state index in [-0.39, 0.29) is 22.9 Å². The third-order valence-electron chi connectivity index (χ3n) is 6.77. The number of hydrogen-bond acceptors (Lipinski definition) is 5. The van der Waals surface area contributed by atoms with Gasteiger partial charge in [-0.15, -0.1) is 11.3 Å². The Morgan fingerprint density at radius 3 is 1.22 bits per heavy atom. The summed E-state index contributed by atoms with van der Waals surface area (Å²) >= 11 is 1.26. The maximum Gasteiger partial charge on any atom is 0.271 e. The summed E-state index contributed by atoms with van der Waals surface area (Å²) in [5.41, 5.74) is 3.51. The summed E-state index contributed by atoms with van der Waals surface area (Å²) in [6.07, 6.45) is 0. The molecule has 5 rings (SSSR count). The van der Waals surface area contributed by atoms with E-state index in [1.54, 1.807) is 60.7 Å². The van der Waals surface area contributed by atoms with Gasteiger partial charge in [0.25, 0.3) is 20.0 Å². The van der Waals surface area contributed by atoms with Crippen LogP contribution in [-0.2, 0) is 33.1 Å². The third kappa shape index (κ3) is 8.03. The first-order valence-corrected chi connectivity index (χ1v) is 17.7. The molecule has 0 saturated heterocycles. The fourth-order valence-corrected chi connectivity index (χ4v) is 7.39. The zero-order valence-electron chi connectivity index (χ0n) is 24.7. The highest BCUT2D eigenvalue weighted by molar-refractivity contribution is 7.89. The molecule has 4 aromatic carbocycles. The quantitative estimate of drug-likeness (QED) is 0.137. The molecule has 0 N–H and O–H groups in total. The van der Waals surface area contributed by atoms with Crippen molar-refractivity contribution >= 4 is 31.4 Å². The van der Waals surface area contributed by atoms with Crippen molar-refractivity contribution in [2.75, 3.05) is 0 Å². The summed E-state index contributed by atoms with van der Waals surface area (Å²) in [7, 11) is -7.83. The van der Waals surface area contributed by atoms with Gasteiger partial charge in [0.1, 0.15) is 0 Å². The Bertz CT molecular complexity index is 1950. The van der Waals surface area contributed by atoms with Gasteiger partial charge in [0.15, 0.2) is 0 Å². The van der Waals surface area contributed by atoms with E-state index >= 15 is 0 Å². The highest BCUT2D eigenvalue weighted by Crippen LogP contribution is 2.21. The van der Waals surface area contributed by atoms with Crippen LogP contribution in [0.5, 0.6) is 0 Å². The Labute approximate surface area is 269 Å². The second-order valence-electron chi connectivity index (χ2n) is 10.3. The van der Waals surface area contributed by atoms with Gasteiger partial charge in [0, 0.05) is 12.1 Å². The molecule has 1 aromatic heterocycles. The van der Waals surface area contributed by atoms with E-state index in [4.69, 9.17) is 0 Å². The van der Waals surface area contributed by atoms with Crippen molar-refractivity contribution in [2.45, 2.75) is 36.7 Å². The van der Waals surface area contributed by atoms with Crippen LogP contribution < -0.4 is 0 Å². The first kappa shape index (κ1) is 31.6. The van der Waals surface area contributed by atoms with Crippen LogP contribution in [-0.4, -0.2) is 25.4 Å². The molecule has 0 spiro atoms. The van der Waals surface area contributed by atoms with E-state index in [0.29, 0.717) is 9.75 Å². The van der Waals surface area contributed by atoms with Crippen LogP contribution in [0.4, 0.5) is 0 Å². The minimum Gasteiger partial charge on any atom is -0.220 e. The van der Waals surface area contributed by atoms with Gasteiger partial charge >= 0.3 is 0 Å². The van der Waals surface area contributed by atoms with Crippen LogP contribution in [0.15, 0.2) is 131 Å². The smallest absolute Gasteiger partial charge is 0.220 e. The molecule has 9 heteroatoms. The maximum absolute atomic E-state index is 13.6. The number of thiophene rings is 1. The van der Waals surface area contributed by atoms with Crippen molar-refractivity contribution in [1.29, 1.82) is 0 Å². The minimum atomic E-state index is -3.91. The van der Waals surface area contributed by atoms with E-state index in [2.05, 4.69) is 23.9 Å².